The monoisotopic (exact) mass is 280 g/mol. The van der Waals surface area contributed by atoms with Crippen LogP contribution in [0.2, 0.25) is 0 Å². The molecule has 0 bridgehead atoms. The second-order valence-electron chi connectivity index (χ2n) is 4.89. The lowest BCUT2D eigenvalue weighted by molar-refractivity contribution is 0.0980. The SMILES string of the molecule is CCNc1ccc(NC)c2c1C(=O)c1ccccc1C2=O. The molecule has 2 N–H and O–H groups in total. The lowest BCUT2D eigenvalue weighted by Gasteiger charge is -2.23. The Morgan fingerprint density at radius 1 is 0.857 bits per heavy atom. The molecule has 0 amide bonds. The summed E-state index contributed by atoms with van der Waals surface area (Å²) in [5, 5.41) is 6.17. The molecule has 1 aliphatic carbocycles. The smallest absolute Gasteiger partial charge is 0.196 e. The zero-order chi connectivity index (χ0) is 15.0. The molecule has 0 unspecified atom stereocenters. The Morgan fingerprint density at radius 2 is 1.38 bits per heavy atom. The molecule has 106 valence electrons. The fourth-order valence-corrected chi connectivity index (χ4v) is 2.77. The number of rotatable bonds is 3. The summed E-state index contributed by atoms with van der Waals surface area (Å²) in [5.74, 6) is -0.211. The molecular weight excluding hydrogens is 264 g/mol. The summed E-state index contributed by atoms with van der Waals surface area (Å²) in [4.78, 5) is 25.6. The molecule has 4 nitrogen and oxygen atoms in total. The van der Waals surface area contributed by atoms with E-state index in [1.54, 1.807) is 31.3 Å². The van der Waals surface area contributed by atoms with Crippen molar-refractivity contribution in [3.8, 4) is 0 Å². The zero-order valence-electron chi connectivity index (χ0n) is 12.0. The topological polar surface area (TPSA) is 58.2 Å². The van der Waals surface area contributed by atoms with Gasteiger partial charge in [-0.2, -0.15) is 0 Å². The van der Waals surface area contributed by atoms with Crippen LogP contribution in [-0.2, 0) is 0 Å². The molecule has 2 aromatic carbocycles. The molecule has 0 aromatic heterocycles. The third kappa shape index (κ3) is 1.91. The molecule has 0 radical (unpaired) electrons. The number of benzene rings is 2. The molecule has 0 heterocycles. The van der Waals surface area contributed by atoms with Crippen molar-refractivity contribution in [3.05, 3.63) is 58.7 Å². The largest absolute Gasteiger partial charge is 0.388 e. The number of ketones is 2. The summed E-state index contributed by atoms with van der Waals surface area (Å²) < 4.78 is 0. The van der Waals surface area contributed by atoms with E-state index >= 15 is 0 Å². The van der Waals surface area contributed by atoms with Gasteiger partial charge in [-0.15, -0.1) is 0 Å². The van der Waals surface area contributed by atoms with Crippen LogP contribution >= 0.6 is 0 Å². The van der Waals surface area contributed by atoms with Crippen LogP contribution in [-0.4, -0.2) is 25.2 Å². The molecule has 1 aliphatic rings. The van der Waals surface area contributed by atoms with E-state index in [0.717, 1.165) is 0 Å². The first kappa shape index (κ1) is 13.4. The Hall–Kier alpha value is -2.62. The Kier molecular flexibility index (Phi) is 3.22. The van der Waals surface area contributed by atoms with Crippen LogP contribution in [0.4, 0.5) is 11.4 Å². The van der Waals surface area contributed by atoms with Crippen molar-refractivity contribution < 1.29 is 9.59 Å². The summed E-state index contributed by atoms with van der Waals surface area (Å²) in [5.41, 5.74) is 3.26. The quantitative estimate of drug-likeness (QED) is 0.774. The maximum atomic E-state index is 12.8. The van der Waals surface area contributed by atoms with Crippen LogP contribution in [0.3, 0.4) is 0 Å². The first-order valence-electron chi connectivity index (χ1n) is 6.96. The van der Waals surface area contributed by atoms with Crippen molar-refractivity contribution in [2.24, 2.45) is 0 Å². The van der Waals surface area contributed by atoms with E-state index < -0.39 is 0 Å². The number of nitrogens with one attached hydrogen (secondary N) is 2. The Morgan fingerprint density at radius 3 is 1.90 bits per heavy atom. The highest BCUT2D eigenvalue weighted by atomic mass is 16.1. The summed E-state index contributed by atoms with van der Waals surface area (Å²) in [6.07, 6.45) is 0. The minimum atomic E-state index is -0.107. The number of carbonyl (C=O) groups is 2. The average molecular weight is 280 g/mol. The molecule has 2 aromatic rings. The van der Waals surface area contributed by atoms with E-state index in [2.05, 4.69) is 10.6 Å². The third-order valence-corrected chi connectivity index (χ3v) is 3.71. The molecular formula is C17H16N2O2. The third-order valence-electron chi connectivity index (χ3n) is 3.71. The van der Waals surface area contributed by atoms with Crippen molar-refractivity contribution in [1.82, 2.24) is 0 Å². The highest BCUT2D eigenvalue weighted by Gasteiger charge is 2.33. The predicted octanol–water partition coefficient (Wildman–Crippen LogP) is 2.94. The molecule has 0 saturated carbocycles. The second-order valence-corrected chi connectivity index (χ2v) is 4.89. The first-order chi connectivity index (χ1) is 10.2. The molecule has 3 rings (SSSR count). The van der Waals surface area contributed by atoms with Crippen molar-refractivity contribution in [2.45, 2.75) is 6.92 Å². The van der Waals surface area contributed by atoms with E-state index in [4.69, 9.17) is 0 Å². The lowest BCUT2D eigenvalue weighted by Crippen LogP contribution is -2.23. The van der Waals surface area contributed by atoms with Gasteiger partial charge in [-0.3, -0.25) is 9.59 Å². The molecule has 0 fully saturated rings. The van der Waals surface area contributed by atoms with Crippen LogP contribution in [0.25, 0.3) is 0 Å². The van der Waals surface area contributed by atoms with Crippen molar-refractivity contribution in [3.63, 3.8) is 0 Å². The van der Waals surface area contributed by atoms with Gasteiger partial charge >= 0.3 is 0 Å². The van der Waals surface area contributed by atoms with Crippen molar-refractivity contribution >= 4 is 22.9 Å². The minimum absolute atomic E-state index is 0.103. The average Bonchev–Trinajstić information content (AvgIpc) is 2.52. The molecule has 0 saturated heterocycles. The van der Waals surface area contributed by atoms with Gasteiger partial charge in [0, 0.05) is 36.1 Å². The first-order valence-corrected chi connectivity index (χ1v) is 6.96. The zero-order valence-corrected chi connectivity index (χ0v) is 12.0. The summed E-state index contributed by atoms with van der Waals surface area (Å²) >= 11 is 0. The standard InChI is InChI=1S/C17H16N2O2/c1-3-19-13-9-8-12(18-2)14-15(13)17(21)11-7-5-4-6-10(11)16(14)20/h4-9,18-19H,3H2,1-2H3. The van der Waals surface area contributed by atoms with Crippen LogP contribution < -0.4 is 10.6 Å². The van der Waals surface area contributed by atoms with E-state index in [9.17, 15) is 9.59 Å². The highest BCUT2D eigenvalue weighted by molar-refractivity contribution is 6.31. The number of carbonyl (C=O) groups excluding carboxylic acids is 2. The maximum absolute atomic E-state index is 12.8. The molecule has 0 atom stereocenters. The predicted molar refractivity (Wildman–Crippen MR) is 83.5 cm³/mol. The van der Waals surface area contributed by atoms with Crippen LogP contribution in [0, 0.1) is 0 Å². The Balaban J connectivity index is 2.32. The van der Waals surface area contributed by atoms with E-state index in [0.29, 0.717) is 40.2 Å². The second kappa shape index (κ2) is 5.05. The molecule has 0 aliphatic heterocycles. The van der Waals surface area contributed by atoms with Crippen LogP contribution in [0.5, 0.6) is 0 Å². The van der Waals surface area contributed by atoms with Crippen LogP contribution in [0.15, 0.2) is 36.4 Å². The van der Waals surface area contributed by atoms with E-state index in [1.807, 2.05) is 19.1 Å². The number of hydrogen-bond donors (Lipinski definition) is 2. The van der Waals surface area contributed by atoms with Crippen LogP contribution in [0.1, 0.15) is 38.8 Å². The van der Waals surface area contributed by atoms with Crippen molar-refractivity contribution in [2.75, 3.05) is 24.2 Å². The number of anilines is 2. The summed E-state index contributed by atoms with van der Waals surface area (Å²) in [6.45, 7) is 2.65. The highest BCUT2D eigenvalue weighted by Crippen LogP contribution is 2.36. The van der Waals surface area contributed by atoms with Gasteiger partial charge in [0.2, 0.25) is 0 Å². The lowest BCUT2D eigenvalue weighted by atomic mass is 9.82. The molecule has 0 spiro atoms. The summed E-state index contributed by atoms with van der Waals surface area (Å²) in [7, 11) is 1.75. The van der Waals surface area contributed by atoms with Gasteiger partial charge in [-0.1, -0.05) is 24.3 Å². The van der Waals surface area contributed by atoms with Crippen molar-refractivity contribution in [1.29, 1.82) is 0 Å². The fraction of sp³-hybridized carbons (Fsp3) is 0.176. The van der Waals surface area contributed by atoms with Gasteiger partial charge in [0.15, 0.2) is 11.6 Å². The Labute approximate surface area is 123 Å². The van der Waals surface area contributed by atoms with E-state index in [1.165, 1.54) is 0 Å². The number of hydrogen-bond acceptors (Lipinski definition) is 4. The van der Waals surface area contributed by atoms with E-state index in [-0.39, 0.29) is 11.6 Å². The Bertz CT molecular complexity index is 750. The maximum Gasteiger partial charge on any atom is 0.196 e. The molecule has 4 heteroatoms. The summed E-state index contributed by atoms with van der Waals surface area (Å²) in [6, 6.07) is 10.6. The van der Waals surface area contributed by atoms with Gasteiger partial charge in [0.05, 0.1) is 11.1 Å². The fourth-order valence-electron chi connectivity index (χ4n) is 2.77. The molecule has 21 heavy (non-hydrogen) atoms. The normalized spacial score (nSPS) is 12.7. The van der Waals surface area contributed by atoms with Gasteiger partial charge < -0.3 is 10.6 Å². The van der Waals surface area contributed by atoms with Gasteiger partial charge in [0.1, 0.15) is 0 Å². The van der Waals surface area contributed by atoms with Gasteiger partial charge in [-0.05, 0) is 19.1 Å². The minimum Gasteiger partial charge on any atom is -0.388 e. The van der Waals surface area contributed by atoms with Gasteiger partial charge in [0.25, 0.3) is 0 Å². The van der Waals surface area contributed by atoms with Gasteiger partial charge in [-0.25, -0.2) is 0 Å². The number of fused-ring (bicyclic) bond motifs is 2.